The Hall–Kier alpha value is -1.10. The summed E-state index contributed by atoms with van der Waals surface area (Å²) < 4.78 is 15.8. The van der Waals surface area contributed by atoms with E-state index in [1.54, 1.807) is 7.11 Å². The van der Waals surface area contributed by atoms with Crippen LogP contribution in [0.15, 0.2) is 24.3 Å². The summed E-state index contributed by atoms with van der Waals surface area (Å²) >= 11 is 0. The van der Waals surface area contributed by atoms with E-state index in [1.807, 2.05) is 38.1 Å². The Kier molecular flexibility index (Phi) is 6.72. The number of benzene rings is 1. The number of ether oxygens (including phenoxy) is 3. The fraction of sp³-hybridized carbons (Fsp3) is 0.571. The molecule has 0 spiro atoms. The van der Waals surface area contributed by atoms with Gasteiger partial charge in [0.2, 0.25) is 0 Å². The Morgan fingerprint density at radius 3 is 2.39 bits per heavy atom. The molecule has 4 nitrogen and oxygen atoms in total. The summed E-state index contributed by atoms with van der Waals surface area (Å²) in [5.74, 6) is 0.775. The fourth-order valence-corrected chi connectivity index (χ4v) is 1.51. The molecule has 0 fully saturated rings. The van der Waals surface area contributed by atoms with Crippen LogP contribution in [0.25, 0.3) is 0 Å². The van der Waals surface area contributed by atoms with E-state index in [-0.39, 0.29) is 12.7 Å². The SMILES string of the molecule is CCOCC(C)OCC(O)c1ccc(OC)cc1. The van der Waals surface area contributed by atoms with Gasteiger partial charge in [0.1, 0.15) is 11.9 Å². The van der Waals surface area contributed by atoms with Gasteiger partial charge in [-0.1, -0.05) is 12.1 Å². The number of aliphatic hydroxyl groups is 1. The van der Waals surface area contributed by atoms with Crippen LogP contribution in [0.4, 0.5) is 0 Å². The van der Waals surface area contributed by atoms with Crippen molar-refractivity contribution in [3.05, 3.63) is 29.8 Å². The largest absolute Gasteiger partial charge is 0.497 e. The van der Waals surface area contributed by atoms with Crippen molar-refractivity contribution in [1.82, 2.24) is 0 Å². The molecule has 0 aromatic heterocycles. The van der Waals surface area contributed by atoms with Gasteiger partial charge in [-0.05, 0) is 31.5 Å². The standard InChI is InChI=1S/C14H22O4/c1-4-17-9-11(2)18-10-14(15)12-5-7-13(16-3)8-6-12/h5-8,11,14-15H,4,9-10H2,1-3H3. The number of aliphatic hydroxyl groups excluding tert-OH is 1. The Labute approximate surface area is 108 Å². The summed E-state index contributed by atoms with van der Waals surface area (Å²) in [4.78, 5) is 0. The van der Waals surface area contributed by atoms with Gasteiger partial charge in [-0.3, -0.25) is 0 Å². The molecule has 102 valence electrons. The zero-order valence-electron chi connectivity index (χ0n) is 11.3. The summed E-state index contributed by atoms with van der Waals surface area (Å²) in [7, 11) is 1.62. The second kappa shape index (κ2) is 8.08. The normalized spacial score (nSPS) is 14.2. The maximum absolute atomic E-state index is 9.95. The Bertz CT molecular complexity index is 323. The molecule has 0 aliphatic heterocycles. The van der Waals surface area contributed by atoms with Crippen molar-refractivity contribution in [3.8, 4) is 5.75 Å². The fourth-order valence-electron chi connectivity index (χ4n) is 1.51. The molecule has 0 saturated carbocycles. The van der Waals surface area contributed by atoms with Crippen LogP contribution in [-0.2, 0) is 9.47 Å². The van der Waals surface area contributed by atoms with Crippen LogP contribution in [0.3, 0.4) is 0 Å². The average molecular weight is 254 g/mol. The predicted octanol–water partition coefficient (Wildman–Crippen LogP) is 2.17. The lowest BCUT2D eigenvalue weighted by molar-refractivity contribution is -0.0395. The van der Waals surface area contributed by atoms with Gasteiger partial charge in [-0.2, -0.15) is 0 Å². The molecule has 0 bridgehead atoms. The maximum atomic E-state index is 9.95. The van der Waals surface area contributed by atoms with E-state index in [2.05, 4.69) is 0 Å². The summed E-state index contributed by atoms with van der Waals surface area (Å²) in [6, 6.07) is 7.31. The third-order valence-corrected chi connectivity index (χ3v) is 2.60. The summed E-state index contributed by atoms with van der Waals surface area (Å²) in [6.07, 6.45) is -0.641. The van der Waals surface area contributed by atoms with Crippen molar-refractivity contribution in [2.45, 2.75) is 26.1 Å². The van der Waals surface area contributed by atoms with Crippen molar-refractivity contribution in [2.75, 3.05) is 26.9 Å². The van der Waals surface area contributed by atoms with Gasteiger partial charge in [-0.15, -0.1) is 0 Å². The molecule has 0 heterocycles. The minimum Gasteiger partial charge on any atom is -0.497 e. The Balaban J connectivity index is 2.37. The van der Waals surface area contributed by atoms with E-state index in [9.17, 15) is 5.11 Å². The smallest absolute Gasteiger partial charge is 0.118 e. The van der Waals surface area contributed by atoms with Gasteiger partial charge in [0.15, 0.2) is 0 Å². The van der Waals surface area contributed by atoms with Gasteiger partial charge in [0, 0.05) is 6.61 Å². The number of rotatable bonds is 8. The Morgan fingerprint density at radius 2 is 1.83 bits per heavy atom. The van der Waals surface area contributed by atoms with E-state index >= 15 is 0 Å². The molecular formula is C14H22O4. The number of methoxy groups -OCH3 is 1. The van der Waals surface area contributed by atoms with Crippen molar-refractivity contribution in [2.24, 2.45) is 0 Å². The van der Waals surface area contributed by atoms with Gasteiger partial charge in [0.05, 0.1) is 26.4 Å². The van der Waals surface area contributed by atoms with Crippen LogP contribution in [0.1, 0.15) is 25.5 Å². The summed E-state index contributed by atoms with van der Waals surface area (Å²) in [5, 5.41) is 9.95. The van der Waals surface area contributed by atoms with Crippen LogP contribution in [0, 0.1) is 0 Å². The van der Waals surface area contributed by atoms with Crippen LogP contribution >= 0.6 is 0 Å². The summed E-state index contributed by atoms with van der Waals surface area (Å²) in [6.45, 7) is 5.36. The highest BCUT2D eigenvalue weighted by Gasteiger charge is 2.10. The highest BCUT2D eigenvalue weighted by Crippen LogP contribution is 2.18. The third kappa shape index (κ3) is 5.04. The van der Waals surface area contributed by atoms with Gasteiger partial charge < -0.3 is 19.3 Å². The molecule has 1 aromatic carbocycles. The molecule has 0 saturated heterocycles. The zero-order chi connectivity index (χ0) is 13.4. The number of hydrogen-bond donors (Lipinski definition) is 1. The first kappa shape index (κ1) is 15.0. The van der Waals surface area contributed by atoms with Gasteiger partial charge in [0.25, 0.3) is 0 Å². The van der Waals surface area contributed by atoms with Crippen molar-refractivity contribution < 1.29 is 19.3 Å². The first-order chi connectivity index (χ1) is 8.67. The molecule has 1 rings (SSSR count). The molecule has 1 aromatic rings. The molecule has 0 radical (unpaired) electrons. The quantitative estimate of drug-likeness (QED) is 0.772. The van der Waals surface area contributed by atoms with Crippen molar-refractivity contribution in [3.63, 3.8) is 0 Å². The first-order valence-electron chi connectivity index (χ1n) is 6.18. The molecule has 0 aliphatic rings. The van der Waals surface area contributed by atoms with Crippen LogP contribution in [0.2, 0.25) is 0 Å². The van der Waals surface area contributed by atoms with Crippen LogP contribution in [0.5, 0.6) is 5.75 Å². The van der Waals surface area contributed by atoms with Crippen LogP contribution < -0.4 is 4.74 Å². The number of hydrogen-bond acceptors (Lipinski definition) is 4. The molecule has 0 aliphatic carbocycles. The van der Waals surface area contributed by atoms with Gasteiger partial charge in [-0.25, -0.2) is 0 Å². The molecule has 2 atom stereocenters. The first-order valence-corrected chi connectivity index (χ1v) is 6.18. The highest BCUT2D eigenvalue weighted by molar-refractivity contribution is 5.28. The van der Waals surface area contributed by atoms with E-state index in [0.717, 1.165) is 11.3 Å². The predicted molar refractivity (Wildman–Crippen MR) is 69.9 cm³/mol. The zero-order valence-corrected chi connectivity index (χ0v) is 11.3. The molecule has 2 unspecified atom stereocenters. The third-order valence-electron chi connectivity index (χ3n) is 2.60. The minimum atomic E-state index is -0.625. The second-order valence-corrected chi connectivity index (χ2v) is 4.09. The maximum Gasteiger partial charge on any atom is 0.118 e. The van der Waals surface area contributed by atoms with Crippen molar-refractivity contribution >= 4 is 0 Å². The van der Waals surface area contributed by atoms with E-state index in [0.29, 0.717) is 13.2 Å². The lowest BCUT2D eigenvalue weighted by Crippen LogP contribution is -2.19. The molecule has 0 amide bonds. The lowest BCUT2D eigenvalue weighted by atomic mass is 10.1. The lowest BCUT2D eigenvalue weighted by Gasteiger charge is -2.16. The highest BCUT2D eigenvalue weighted by atomic mass is 16.5. The van der Waals surface area contributed by atoms with Crippen LogP contribution in [-0.4, -0.2) is 38.1 Å². The minimum absolute atomic E-state index is 0.0159. The monoisotopic (exact) mass is 254 g/mol. The average Bonchev–Trinajstić information content (AvgIpc) is 2.42. The molecular weight excluding hydrogens is 232 g/mol. The van der Waals surface area contributed by atoms with E-state index in [1.165, 1.54) is 0 Å². The van der Waals surface area contributed by atoms with E-state index < -0.39 is 6.10 Å². The van der Waals surface area contributed by atoms with E-state index in [4.69, 9.17) is 14.2 Å². The molecule has 18 heavy (non-hydrogen) atoms. The second-order valence-electron chi connectivity index (χ2n) is 4.09. The Morgan fingerprint density at radius 1 is 1.17 bits per heavy atom. The van der Waals surface area contributed by atoms with Crippen molar-refractivity contribution in [1.29, 1.82) is 0 Å². The van der Waals surface area contributed by atoms with Gasteiger partial charge >= 0.3 is 0 Å². The molecule has 4 heteroatoms. The topological polar surface area (TPSA) is 47.9 Å². The summed E-state index contributed by atoms with van der Waals surface area (Å²) in [5.41, 5.74) is 0.819. The molecule has 1 N–H and O–H groups in total.